The molecule has 10 nitrogen and oxygen atoms in total. The Bertz CT molecular complexity index is 1530. The number of hydrogen-bond acceptors (Lipinski definition) is 8. The van der Waals surface area contributed by atoms with Crippen LogP contribution in [0.4, 0.5) is 21.7 Å². The van der Waals surface area contributed by atoms with Crippen molar-refractivity contribution in [2.24, 2.45) is 7.05 Å². The highest BCUT2D eigenvalue weighted by molar-refractivity contribution is 6.12. The van der Waals surface area contributed by atoms with Gasteiger partial charge in [-0.25, -0.2) is 14.4 Å². The van der Waals surface area contributed by atoms with E-state index in [1.807, 2.05) is 36.2 Å². The fourth-order valence-corrected chi connectivity index (χ4v) is 5.36. The van der Waals surface area contributed by atoms with E-state index in [-0.39, 0.29) is 11.9 Å². The number of rotatable bonds is 5. The number of amides is 1. The molecule has 11 heteroatoms. The molecule has 1 atom stereocenters. The summed E-state index contributed by atoms with van der Waals surface area (Å²) >= 11 is 0. The summed E-state index contributed by atoms with van der Waals surface area (Å²) in [5, 5.41) is 8.29. The molecule has 4 aromatic rings. The topological polar surface area (TPSA) is 91.6 Å². The van der Waals surface area contributed by atoms with Crippen LogP contribution in [0.1, 0.15) is 17.4 Å². The average Bonchev–Trinajstić information content (AvgIpc) is 3.32. The normalized spacial score (nSPS) is 18.4. The third-order valence-corrected chi connectivity index (χ3v) is 7.85. The molecule has 0 spiro atoms. The van der Waals surface area contributed by atoms with Crippen molar-refractivity contribution in [1.82, 2.24) is 24.6 Å². The summed E-state index contributed by atoms with van der Waals surface area (Å²) in [5.74, 6) is -0.159. The standard InChI is InChI=1S/C29H33FN8O2/c1-19-18-38(9-8-35(19)2)26-15-23(30)22(20-16-31-29(32-17-20)37-10-12-40-13-11-37)14-24(26)33-28(39)27-21-6-4-5-7-25(21)36(3)34-27/h4-7,14-17,19H,8-13,18H2,1-3H3,(H,33,39)/t19-/m1/s1. The zero-order chi connectivity index (χ0) is 27.8. The molecule has 0 radical (unpaired) electrons. The van der Waals surface area contributed by atoms with E-state index in [2.05, 4.69) is 44.2 Å². The molecule has 2 saturated heterocycles. The summed E-state index contributed by atoms with van der Waals surface area (Å²) in [4.78, 5) is 29.0. The predicted molar refractivity (Wildman–Crippen MR) is 153 cm³/mol. The van der Waals surface area contributed by atoms with E-state index in [0.29, 0.717) is 73.5 Å². The van der Waals surface area contributed by atoms with Gasteiger partial charge in [-0.15, -0.1) is 0 Å². The van der Waals surface area contributed by atoms with E-state index in [1.165, 1.54) is 6.07 Å². The van der Waals surface area contributed by atoms with Crippen LogP contribution >= 0.6 is 0 Å². The van der Waals surface area contributed by atoms with Gasteiger partial charge in [0.05, 0.1) is 30.1 Å². The third kappa shape index (κ3) is 4.98. The summed E-state index contributed by atoms with van der Waals surface area (Å²) in [6, 6.07) is 11.1. The first-order valence-corrected chi connectivity index (χ1v) is 13.6. The highest BCUT2D eigenvalue weighted by Gasteiger charge is 2.26. The first kappa shape index (κ1) is 26.1. The first-order chi connectivity index (χ1) is 19.4. The number of carbonyl (C=O) groups excluding carboxylic acids is 1. The highest BCUT2D eigenvalue weighted by Crippen LogP contribution is 2.36. The molecule has 6 rings (SSSR count). The molecule has 2 aromatic carbocycles. The SMILES string of the molecule is C[C@@H]1CN(c2cc(F)c(-c3cnc(N4CCOCC4)nc3)cc2NC(=O)c2nn(C)c3ccccc23)CCN1C. The predicted octanol–water partition coefficient (Wildman–Crippen LogP) is 3.40. The molecule has 2 fully saturated rings. The van der Waals surface area contributed by atoms with Crippen LogP contribution in [-0.4, -0.2) is 89.6 Å². The van der Waals surface area contributed by atoms with Crippen LogP contribution in [0, 0.1) is 5.82 Å². The van der Waals surface area contributed by atoms with E-state index >= 15 is 4.39 Å². The van der Waals surface area contributed by atoms with Crippen LogP contribution in [0.2, 0.25) is 0 Å². The number of aryl methyl sites for hydroxylation is 1. The van der Waals surface area contributed by atoms with E-state index < -0.39 is 5.82 Å². The van der Waals surface area contributed by atoms with E-state index in [0.717, 1.165) is 17.4 Å². The van der Waals surface area contributed by atoms with Gasteiger partial charge >= 0.3 is 0 Å². The Morgan fingerprint density at radius 2 is 1.77 bits per heavy atom. The summed E-state index contributed by atoms with van der Waals surface area (Å²) in [6.45, 7) is 7.08. The Balaban J connectivity index is 1.37. The molecular weight excluding hydrogens is 511 g/mol. The molecule has 2 aromatic heterocycles. The number of hydrogen-bond donors (Lipinski definition) is 1. The summed E-state index contributed by atoms with van der Waals surface area (Å²) < 4.78 is 22.8. The fraction of sp³-hybridized carbons (Fsp3) is 0.379. The smallest absolute Gasteiger partial charge is 0.276 e. The summed E-state index contributed by atoms with van der Waals surface area (Å²) in [6.07, 6.45) is 3.26. The number of ether oxygens (including phenoxy) is 1. The maximum absolute atomic E-state index is 15.7. The number of para-hydroxylation sites is 1. The van der Waals surface area contributed by atoms with Crippen LogP contribution in [0.15, 0.2) is 48.8 Å². The van der Waals surface area contributed by atoms with Crippen molar-refractivity contribution in [1.29, 1.82) is 0 Å². The Hall–Kier alpha value is -4.09. The van der Waals surface area contributed by atoms with Gasteiger partial charge in [-0.05, 0) is 32.2 Å². The number of likely N-dealkylation sites (N-methyl/N-ethyl adjacent to an activating group) is 1. The number of piperazine rings is 1. The van der Waals surface area contributed by atoms with Crippen LogP contribution in [-0.2, 0) is 11.8 Å². The van der Waals surface area contributed by atoms with Crippen molar-refractivity contribution in [2.75, 3.05) is 68.1 Å². The van der Waals surface area contributed by atoms with Crippen molar-refractivity contribution in [3.8, 4) is 11.1 Å². The molecule has 2 aliphatic rings. The van der Waals surface area contributed by atoms with Crippen LogP contribution in [0.25, 0.3) is 22.0 Å². The minimum absolute atomic E-state index is 0.279. The van der Waals surface area contributed by atoms with E-state index in [4.69, 9.17) is 4.74 Å². The van der Waals surface area contributed by atoms with Gasteiger partial charge in [0.2, 0.25) is 5.95 Å². The Morgan fingerprint density at radius 1 is 1.02 bits per heavy atom. The highest BCUT2D eigenvalue weighted by atomic mass is 19.1. The van der Waals surface area contributed by atoms with Gasteiger partial charge in [-0.3, -0.25) is 9.48 Å². The first-order valence-electron chi connectivity index (χ1n) is 13.6. The molecule has 0 aliphatic carbocycles. The van der Waals surface area contributed by atoms with Crippen LogP contribution < -0.4 is 15.1 Å². The van der Waals surface area contributed by atoms with Gasteiger partial charge in [0.25, 0.3) is 5.91 Å². The molecule has 0 saturated carbocycles. The molecule has 2 aliphatic heterocycles. The molecule has 1 amide bonds. The number of carbonyl (C=O) groups is 1. The second-order valence-corrected chi connectivity index (χ2v) is 10.4. The fourth-order valence-electron chi connectivity index (χ4n) is 5.36. The molecular formula is C29H33FN8O2. The summed E-state index contributed by atoms with van der Waals surface area (Å²) in [5.41, 5.74) is 3.19. The van der Waals surface area contributed by atoms with Crippen LogP contribution in [0.5, 0.6) is 0 Å². The third-order valence-electron chi connectivity index (χ3n) is 7.85. The van der Waals surface area contributed by atoms with Crippen molar-refractivity contribution in [2.45, 2.75) is 13.0 Å². The van der Waals surface area contributed by atoms with E-state index in [1.54, 1.807) is 23.1 Å². The maximum atomic E-state index is 15.7. The minimum Gasteiger partial charge on any atom is -0.378 e. The number of nitrogens with one attached hydrogen (secondary N) is 1. The molecule has 0 bridgehead atoms. The van der Waals surface area contributed by atoms with Gasteiger partial charge in [0.1, 0.15) is 5.82 Å². The molecule has 4 heterocycles. The number of nitrogens with zero attached hydrogens (tertiary/aromatic N) is 7. The zero-order valence-electron chi connectivity index (χ0n) is 23.0. The van der Waals surface area contributed by atoms with E-state index in [9.17, 15) is 4.79 Å². The lowest BCUT2D eigenvalue weighted by Crippen LogP contribution is -2.50. The van der Waals surface area contributed by atoms with Crippen molar-refractivity contribution < 1.29 is 13.9 Å². The van der Waals surface area contributed by atoms with Crippen molar-refractivity contribution in [3.63, 3.8) is 0 Å². The Kier molecular flexibility index (Phi) is 7.07. The lowest BCUT2D eigenvalue weighted by molar-refractivity contribution is 0.102. The van der Waals surface area contributed by atoms with Gasteiger partial charge in [0.15, 0.2) is 5.69 Å². The van der Waals surface area contributed by atoms with Crippen LogP contribution in [0.3, 0.4) is 0 Å². The number of aromatic nitrogens is 4. The molecule has 0 unspecified atom stereocenters. The lowest BCUT2D eigenvalue weighted by atomic mass is 10.0. The monoisotopic (exact) mass is 544 g/mol. The van der Waals surface area contributed by atoms with Crippen molar-refractivity contribution >= 4 is 34.1 Å². The molecule has 208 valence electrons. The second kappa shape index (κ2) is 10.8. The Labute approximate surface area is 232 Å². The number of anilines is 3. The van der Waals surface area contributed by atoms with Crippen molar-refractivity contribution in [3.05, 3.63) is 60.3 Å². The number of halogens is 1. The molecule has 1 N–H and O–H groups in total. The van der Waals surface area contributed by atoms with Gasteiger partial charge in [-0.2, -0.15) is 5.10 Å². The summed E-state index contributed by atoms with van der Waals surface area (Å²) in [7, 11) is 3.90. The number of benzene rings is 2. The average molecular weight is 545 g/mol. The lowest BCUT2D eigenvalue weighted by Gasteiger charge is -2.39. The number of morpholine rings is 1. The van der Waals surface area contributed by atoms with Gasteiger partial charge in [-0.1, -0.05) is 18.2 Å². The quantitative estimate of drug-likeness (QED) is 0.409. The molecule has 40 heavy (non-hydrogen) atoms. The maximum Gasteiger partial charge on any atom is 0.276 e. The van der Waals surface area contributed by atoms with Gasteiger partial charge in [0, 0.05) is 74.7 Å². The minimum atomic E-state index is -0.398. The Morgan fingerprint density at radius 3 is 2.52 bits per heavy atom. The largest absolute Gasteiger partial charge is 0.378 e. The van der Waals surface area contributed by atoms with Gasteiger partial charge < -0.3 is 24.8 Å². The zero-order valence-corrected chi connectivity index (χ0v) is 23.0. The number of fused-ring (bicyclic) bond motifs is 1. The second-order valence-electron chi connectivity index (χ2n) is 10.4.